The summed E-state index contributed by atoms with van der Waals surface area (Å²) in [4.78, 5) is 26.8. The van der Waals surface area contributed by atoms with Crippen molar-refractivity contribution in [2.24, 2.45) is 5.73 Å². The molecule has 120 valence electrons. The number of hydrogen-bond donors (Lipinski definition) is 1. The number of benzene rings is 1. The summed E-state index contributed by atoms with van der Waals surface area (Å²) >= 11 is 0. The molecule has 2 rings (SSSR count). The molecule has 2 amide bonds. The summed E-state index contributed by atoms with van der Waals surface area (Å²) in [5, 5.41) is 0. The molecule has 1 aromatic carbocycles. The van der Waals surface area contributed by atoms with Crippen LogP contribution in [0.5, 0.6) is 5.75 Å². The van der Waals surface area contributed by atoms with Crippen LogP contribution in [-0.2, 0) is 9.59 Å². The summed E-state index contributed by atoms with van der Waals surface area (Å²) in [7, 11) is 0. The third-order valence-corrected chi connectivity index (χ3v) is 3.78. The highest BCUT2D eigenvalue weighted by Crippen LogP contribution is 2.12. The van der Waals surface area contributed by atoms with E-state index in [0.29, 0.717) is 31.9 Å². The first kappa shape index (κ1) is 16.2. The molecule has 1 aliphatic rings. The van der Waals surface area contributed by atoms with E-state index in [2.05, 4.69) is 0 Å². The Morgan fingerprint density at radius 1 is 1.32 bits per heavy atom. The van der Waals surface area contributed by atoms with Crippen molar-refractivity contribution < 1.29 is 18.7 Å². The molecular weight excluding hydrogens is 289 g/mol. The monoisotopic (exact) mass is 309 g/mol. The van der Waals surface area contributed by atoms with Crippen molar-refractivity contribution in [2.45, 2.75) is 13.0 Å². The summed E-state index contributed by atoms with van der Waals surface area (Å²) in [5.74, 6) is -0.599. The molecule has 0 saturated carbocycles. The zero-order valence-corrected chi connectivity index (χ0v) is 12.5. The van der Waals surface area contributed by atoms with E-state index in [9.17, 15) is 14.0 Å². The van der Waals surface area contributed by atoms with Crippen molar-refractivity contribution in [1.82, 2.24) is 9.80 Å². The van der Waals surface area contributed by atoms with Gasteiger partial charge in [0.1, 0.15) is 11.6 Å². The zero-order valence-electron chi connectivity index (χ0n) is 12.5. The number of carbonyl (C=O) groups excluding carboxylic acids is 2. The molecule has 1 atom stereocenters. The van der Waals surface area contributed by atoms with Crippen LogP contribution in [0.25, 0.3) is 0 Å². The number of nitrogens with two attached hydrogens (primary N) is 1. The number of nitrogens with zero attached hydrogens (tertiary/aromatic N) is 2. The molecule has 22 heavy (non-hydrogen) atoms. The fourth-order valence-electron chi connectivity index (χ4n) is 2.33. The standard InChI is InChI=1S/C15H20FN3O3/c1-11(15(17)21)18-5-7-19(8-6-18)14(20)10-22-13-4-2-3-12(16)9-13/h2-4,9,11H,5-8,10H2,1H3,(H2,17,21). The van der Waals surface area contributed by atoms with Gasteiger partial charge in [0.05, 0.1) is 6.04 Å². The van der Waals surface area contributed by atoms with Gasteiger partial charge in [-0.2, -0.15) is 0 Å². The van der Waals surface area contributed by atoms with Crippen molar-refractivity contribution in [3.8, 4) is 5.75 Å². The van der Waals surface area contributed by atoms with E-state index in [0.717, 1.165) is 0 Å². The number of piperazine rings is 1. The number of carbonyl (C=O) groups is 2. The third kappa shape index (κ3) is 4.17. The van der Waals surface area contributed by atoms with Crippen molar-refractivity contribution in [3.63, 3.8) is 0 Å². The van der Waals surface area contributed by atoms with Gasteiger partial charge in [0.2, 0.25) is 5.91 Å². The topological polar surface area (TPSA) is 75.9 Å². The number of amides is 2. The number of halogens is 1. The lowest BCUT2D eigenvalue weighted by atomic mass is 10.2. The van der Waals surface area contributed by atoms with Gasteiger partial charge in [0.15, 0.2) is 6.61 Å². The predicted molar refractivity (Wildman–Crippen MR) is 78.7 cm³/mol. The average molecular weight is 309 g/mol. The van der Waals surface area contributed by atoms with E-state index in [4.69, 9.17) is 10.5 Å². The minimum atomic E-state index is -0.404. The fraction of sp³-hybridized carbons (Fsp3) is 0.467. The van der Waals surface area contributed by atoms with Crippen LogP contribution in [0.15, 0.2) is 24.3 Å². The molecule has 0 radical (unpaired) electrons. The van der Waals surface area contributed by atoms with Gasteiger partial charge in [-0.15, -0.1) is 0 Å². The van der Waals surface area contributed by atoms with Gasteiger partial charge in [-0.05, 0) is 19.1 Å². The van der Waals surface area contributed by atoms with E-state index in [1.807, 2.05) is 4.90 Å². The summed E-state index contributed by atoms with van der Waals surface area (Å²) in [5.41, 5.74) is 5.27. The van der Waals surface area contributed by atoms with Crippen molar-refractivity contribution >= 4 is 11.8 Å². The Bertz CT molecular complexity index is 545. The molecule has 1 heterocycles. The molecule has 1 aromatic rings. The van der Waals surface area contributed by atoms with E-state index < -0.39 is 5.82 Å². The van der Waals surface area contributed by atoms with Gasteiger partial charge in [-0.1, -0.05) is 6.07 Å². The van der Waals surface area contributed by atoms with Crippen LogP contribution >= 0.6 is 0 Å². The number of primary amides is 1. The highest BCUT2D eigenvalue weighted by molar-refractivity contribution is 5.80. The maximum atomic E-state index is 13.0. The van der Waals surface area contributed by atoms with Crippen LogP contribution in [0.2, 0.25) is 0 Å². The van der Waals surface area contributed by atoms with E-state index in [-0.39, 0.29) is 24.5 Å². The van der Waals surface area contributed by atoms with Crippen LogP contribution in [0.1, 0.15) is 6.92 Å². The Labute approximate surface area is 128 Å². The van der Waals surface area contributed by atoms with Crippen LogP contribution in [0.4, 0.5) is 4.39 Å². The van der Waals surface area contributed by atoms with E-state index in [1.165, 1.54) is 18.2 Å². The van der Waals surface area contributed by atoms with Gasteiger partial charge in [-0.25, -0.2) is 4.39 Å². The van der Waals surface area contributed by atoms with Gasteiger partial charge in [0, 0.05) is 32.2 Å². The van der Waals surface area contributed by atoms with E-state index >= 15 is 0 Å². The minimum Gasteiger partial charge on any atom is -0.484 e. The Morgan fingerprint density at radius 2 is 2.00 bits per heavy atom. The molecule has 0 spiro atoms. The third-order valence-electron chi connectivity index (χ3n) is 3.78. The van der Waals surface area contributed by atoms with Gasteiger partial charge >= 0.3 is 0 Å². The zero-order chi connectivity index (χ0) is 16.1. The molecule has 1 fully saturated rings. The summed E-state index contributed by atoms with van der Waals surface area (Å²) in [6.07, 6.45) is 0. The molecule has 2 N–H and O–H groups in total. The van der Waals surface area contributed by atoms with Crippen LogP contribution in [-0.4, -0.2) is 60.4 Å². The first-order valence-electron chi connectivity index (χ1n) is 7.17. The smallest absolute Gasteiger partial charge is 0.260 e. The second kappa shape index (κ2) is 7.22. The maximum absolute atomic E-state index is 13.0. The quantitative estimate of drug-likeness (QED) is 0.844. The SMILES string of the molecule is CC(C(N)=O)N1CCN(C(=O)COc2cccc(F)c2)CC1. The summed E-state index contributed by atoms with van der Waals surface area (Å²) in [6.45, 7) is 3.85. The molecule has 0 aliphatic carbocycles. The minimum absolute atomic E-state index is 0.130. The summed E-state index contributed by atoms with van der Waals surface area (Å²) < 4.78 is 18.3. The Morgan fingerprint density at radius 3 is 2.59 bits per heavy atom. The first-order chi connectivity index (χ1) is 10.5. The normalized spacial score (nSPS) is 17.1. The van der Waals surface area contributed by atoms with Gasteiger partial charge in [-0.3, -0.25) is 14.5 Å². The molecule has 6 nitrogen and oxygen atoms in total. The number of ether oxygens (including phenoxy) is 1. The lowest BCUT2D eigenvalue weighted by Gasteiger charge is -2.36. The molecule has 7 heteroatoms. The molecular formula is C15H20FN3O3. The Hall–Kier alpha value is -2.15. The Balaban J connectivity index is 1.79. The summed E-state index contributed by atoms with van der Waals surface area (Å²) in [6, 6.07) is 5.34. The van der Waals surface area contributed by atoms with E-state index in [1.54, 1.807) is 17.9 Å². The first-order valence-corrected chi connectivity index (χ1v) is 7.17. The Kier molecular flexibility index (Phi) is 5.32. The molecule has 1 unspecified atom stereocenters. The van der Waals surface area contributed by atoms with Crippen molar-refractivity contribution in [1.29, 1.82) is 0 Å². The van der Waals surface area contributed by atoms with Crippen LogP contribution in [0, 0.1) is 5.82 Å². The fourth-order valence-corrected chi connectivity index (χ4v) is 2.33. The highest BCUT2D eigenvalue weighted by Gasteiger charge is 2.26. The second-order valence-corrected chi connectivity index (χ2v) is 5.24. The number of hydrogen-bond acceptors (Lipinski definition) is 4. The highest BCUT2D eigenvalue weighted by atomic mass is 19.1. The molecule has 0 aromatic heterocycles. The average Bonchev–Trinajstić information content (AvgIpc) is 2.52. The molecule has 0 bridgehead atoms. The van der Waals surface area contributed by atoms with Crippen molar-refractivity contribution in [2.75, 3.05) is 32.8 Å². The van der Waals surface area contributed by atoms with Crippen LogP contribution < -0.4 is 10.5 Å². The lowest BCUT2D eigenvalue weighted by Crippen LogP contribution is -2.54. The predicted octanol–water partition coefficient (Wildman–Crippen LogP) is 0.223. The maximum Gasteiger partial charge on any atom is 0.260 e. The lowest BCUT2D eigenvalue weighted by molar-refractivity contribution is -0.135. The number of rotatable bonds is 5. The van der Waals surface area contributed by atoms with Gasteiger partial charge in [0.25, 0.3) is 5.91 Å². The molecule has 1 aliphatic heterocycles. The molecule has 1 saturated heterocycles. The second-order valence-electron chi connectivity index (χ2n) is 5.24. The van der Waals surface area contributed by atoms with Gasteiger partial charge < -0.3 is 15.4 Å². The largest absolute Gasteiger partial charge is 0.484 e. The van der Waals surface area contributed by atoms with Crippen LogP contribution in [0.3, 0.4) is 0 Å². The van der Waals surface area contributed by atoms with Crippen molar-refractivity contribution in [3.05, 3.63) is 30.1 Å².